The minimum absolute atomic E-state index is 0.633. The summed E-state index contributed by atoms with van der Waals surface area (Å²) in [6.45, 7) is 7.71. The molecule has 0 radical (unpaired) electrons. The summed E-state index contributed by atoms with van der Waals surface area (Å²) < 4.78 is 5.28. The maximum Gasteiger partial charge on any atom is 0.191 e. The van der Waals surface area contributed by atoms with E-state index in [-0.39, 0.29) is 0 Å². The first kappa shape index (κ1) is 18.7. The third-order valence-electron chi connectivity index (χ3n) is 4.51. The predicted molar refractivity (Wildman–Crippen MR) is 109 cm³/mol. The summed E-state index contributed by atoms with van der Waals surface area (Å²) in [5.74, 6) is 1.73. The Hall–Kier alpha value is -2.05. The number of aliphatic imine (C=N–C) groups is 1. The van der Waals surface area contributed by atoms with Crippen LogP contribution in [0.25, 0.3) is 0 Å². The summed E-state index contributed by atoms with van der Waals surface area (Å²) in [6, 6.07) is 10.3. The van der Waals surface area contributed by atoms with Gasteiger partial charge in [0.15, 0.2) is 5.96 Å². The van der Waals surface area contributed by atoms with Crippen LogP contribution in [-0.2, 0) is 19.5 Å². The van der Waals surface area contributed by atoms with Gasteiger partial charge in [0.05, 0.1) is 13.7 Å². The normalized spacial score (nSPS) is 14.8. The first-order valence-corrected chi connectivity index (χ1v) is 10.1. The van der Waals surface area contributed by atoms with E-state index in [2.05, 4.69) is 40.0 Å². The fraction of sp³-hybridized carbons (Fsp3) is 0.450. The van der Waals surface area contributed by atoms with Crippen molar-refractivity contribution in [1.82, 2.24) is 15.5 Å². The van der Waals surface area contributed by atoms with Crippen molar-refractivity contribution >= 4 is 17.3 Å². The molecule has 1 aliphatic rings. The van der Waals surface area contributed by atoms with E-state index in [0.717, 1.165) is 50.0 Å². The van der Waals surface area contributed by atoms with Crippen molar-refractivity contribution in [2.24, 2.45) is 4.99 Å². The van der Waals surface area contributed by atoms with Crippen LogP contribution < -0.4 is 15.4 Å². The van der Waals surface area contributed by atoms with Gasteiger partial charge in [-0.15, -0.1) is 11.3 Å². The number of fused-ring (bicyclic) bond motifs is 1. The van der Waals surface area contributed by atoms with Crippen LogP contribution >= 0.6 is 11.3 Å². The Bertz CT molecular complexity index is 728. The molecule has 0 spiro atoms. The lowest BCUT2D eigenvalue weighted by Gasteiger charge is -2.27. The van der Waals surface area contributed by atoms with Gasteiger partial charge in [0.25, 0.3) is 0 Å². The highest BCUT2D eigenvalue weighted by atomic mass is 32.1. The van der Waals surface area contributed by atoms with Gasteiger partial charge in [-0.2, -0.15) is 0 Å². The summed E-state index contributed by atoms with van der Waals surface area (Å²) in [5.41, 5.74) is 2.64. The number of nitrogens with one attached hydrogen (secondary N) is 2. The number of nitrogens with zero attached hydrogens (tertiary/aromatic N) is 2. The third kappa shape index (κ3) is 5.22. The van der Waals surface area contributed by atoms with Gasteiger partial charge in [-0.1, -0.05) is 12.1 Å². The van der Waals surface area contributed by atoms with E-state index >= 15 is 0 Å². The monoisotopic (exact) mass is 372 g/mol. The maximum atomic E-state index is 5.28. The Morgan fingerprint density at radius 1 is 1.31 bits per heavy atom. The molecule has 26 heavy (non-hydrogen) atoms. The zero-order chi connectivity index (χ0) is 18.2. The maximum absolute atomic E-state index is 5.28. The van der Waals surface area contributed by atoms with Crippen molar-refractivity contribution in [1.29, 1.82) is 0 Å². The van der Waals surface area contributed by atoms with E-state index in [9.17, 15) is 0 Å². The van der Waals surface area contributed by atoms with E-state index in [1.165, 1.54) is 12.0 Å². The molecule has 140 valence electrons. The van der Waals surface area contributed by atoms with Crippen LogP contribution in [0.4, 0.5) is 0 Å². The molecule has 5 nitrogen and oxygen atoms in total. The third-order valence-corrected chi connectivity index (χ3v) is 5.53. The molecule has 0 unspecified atom stereocenters. The number of thiophene rings is 1. The molecule has 1 aromatic heterocycles. The first-order chi connectivity index (χ1) is 12.8. The zero-order valence-corrected chi connectivity index (χ0v) is 16.4. The molecule has 3 rings (SSSR count). The Kier molecular flexibility index (Phi) is 6.91. The van der Waals surface area contributed by atoms with Gasteiger partial charge in [0, 0.05) is 37.6 Å². The number of rotatable bonds is 7. The highest BCUT2D eigenvalue weighted by Gasteiger charge is 2.16. The predicted octanol–water partition coefficient (Wildman–Crippen LogP) is 2.87. The fourth-order valence-corrected chi connectivity index (χ4v) is 4.00. The van der Waals surface area contributed by atoms with Crippen molar-refractivity contribution < 1.29 is 4.74 Å². The molecule has 0 bridgehead atoms. The van der Waals surface area contributed by atoms with Crippen LogP contribution in [0.1, 0.15) is 22.9 Å². The molecule has 0 fully saturated rings. The fourth-order valence-electron chi connectivity index (χ4n) is 3.11. The van der Waals surface area contributed by atoms with Gasteiger partial charge in [-0.05, 0) is 48.1 Å². The average molecular weight is 373 g/mol. The first-order valence-electron chi connectivity index (χ1n) is 9.21. The van der Waals surface area contributed by atoms with Crippen molar-refractivity contribution in [3.8, 4) is 5.75 Å². The second-order valence-corrected chi connectivity index (χ2v) is 7.37. The van der Waals surface area contributed by atoms with Gasteiger partial charge in [0.1, 0.15) is 5.75 Å². The number of hydrogen-bond acceptors (Lipinski definition) is 4. The van der Waals surface area contributed by atoms with Crippen LogP contribution in [0.5, 0.6) is 5.75 Å². The Balaban J connectivity index is 1.48. The summed E-state index contributed by atoms with van der Waals surface area (Å²) in [5, 5.41) is 8.98. The minimum atomic E-state index is 0.633. The highest BCUT2D eigenvalue weighted by Crippen LogP contribution is 2.23. The molecule has 1 aromatic carbocycles. The summed E-state index contributed by atoms with van der Waals surface area (Å²) in [4.78, 5) is 8.76. The molecule has 6 heteroatoms. The molecule has 0 aliphatic carbocycles. The summed E-state index contributed by atoms with van der Waals surface area (Å²) >= 11 is 1.89. The highest BCUT2D eigenvalue weighted by molar-refractivity contribution is 7.10. The molecule has 2 N–H and O–H groups in total. The van der Waals surface area contributed by atoms with Crippen molar-refractivity contribution in [3.63, 3.8) is 0 Å². The van der Waals surface area contributed by atoms with E-state index in [1.807, 2.05) is 29.5 Å². The smallest absolute Gasteiger partial charge is 0.191 e. The Morgan fingerprint density at radius 2 is 2.23 bits per heavy atom. The quantitative estimate of drug-likeness (QED) is 0.580. The van der Waals surface area contributed by atoms with Crippen molar-refractivity contribution in [2.75, 3.05) is 33.3 Å². The second-order valence-electron chi connectivity index (χ2n) is 6.37. The van der Waals surface area contributed by atoms with E-state index in [4.69, 9.17) is 9.73 Å². The molecule has 0 saturated heterocycles. The van der Waals surface area contributed by atoms with E-state index in [1.54, 1.807) is 12.0 Å². The molecule has 2 aromatic rings. The average Bonchev–Trinajstić information content (AvgIpc) is 3.14. The summed E-state index contributed by atoms with van der Waals surface area (Å²) in [7, 11) is 1.69. The number of ether oxygens (including phenoxy) is 1. The van der Waals surface area contributed by atoms with Crippen LogP contribution in [0.15, 0.2) is 40.7 Å². The van der Waals surface area contributed by atoms with Crippen LogP contribution in [0, 0.1) is 0 Å². The van der Waals surface area contributed by atoms with Gasteiger partial charge in [-0.25, -0.2) is 4.99 Å². The van der Waals surface area contributed by atoms with Gasteiger partial charge in [-0.3, -0.25) is 4.90 Å². The van der Waals surface area contributed by atoms with Crippen molar-refractivity contribution in [2.45, 2.75) is 26.4 Å². The topological polar surface area (TPSA) is 48.9 Å². The summed E-state index contributed by atoms with van der Waals surface area (Å²) in [6.07, 6.45) is 1.18. The molecule has 0 saturated carbocycles. The number of hydrogen-bond donors (Lipinski definition) is 2. The molecular weight excluding hydrogens is 344 g/mol. The molecule has 1 aliphatic heterocycles. The van der Waals surface area contributed by atoms with Crippen LogP contribution in [-0.4, -0.2) is 44.1 Å². The molecule has 2 heterocycles. The standard InChI is InChI=1S/C20H28N4OS/c1-3-21-20(23-14-16-5-4-6-18(13-16)25-2)22-9-11-24-10-7-19-17(15-24)8-12-26-19/h4-6,8,12-13H,3,7,9-11,14-15H2,1-2H3,(H2,21,22,23). The molecule has 0 amide bonds. The molecular formula is C20H28N4OS. The number of guanidine groups is 1. The number of methoxy groups -OCH3 is 1. The SMILES string of the molecule is CCNC(=NCc1cccc(OC)c1)NCCN1CCc2sccc2C1. The lowest BCUT2D eigenvalue weighted by molar-refractivity contribution is 0.260. The van der Waals surface area contributed by atoms with Gasteiger partial charge >= 0.3 is 0 Å². The molecule has 0 atom stereocenters. The lowest BCUT2D eigenvalue weighted by Crippen LogP contribution is -2.42. The Morgan fingerprint density at radius 3 is 3.08 bits per heavy atom. The Labute approximate surface area is 160 Å². The second kappa shape index (κ2) is 9.59. The number of benzene rings is 1. The van der Waals surface area contributed by atoms with E-state index < -0.39 is 0 Å². The minimum Gasteiger partial charge on any atom is -0.497 e. The van der Waals surface area contributed by atoms with Gasteiger partial charge < -0.3 is 15.4 Å². The van der Waals surface area contributed by atoms with E-state index in [0.29, 0.717) is 6.54 Å². The van der Waals surface area contributed by atoms with Crippen molar-refractivity contribution in [3.05, 3.63) is 51.7 Å². The van der Waals surface area contributed by atoms with Gasteiger partial charge in [0.2, 0.25) is 0 Å². The van der Waals surface area contributed by atoms with Crippen LogP contribution in [0.3, 0.4) is 0 Å². The lowest BCUT2D eigenvalue weighted by atomic mass is 10.1. The largest absolute Gasteiger partial charge is 0.497 e. The zero-order valence-electron chi connectivity index (χ0n) is 15.6. The van der Waals surface area contributed by atoms with Crippen LogP contribution in [0.2, 0.25) is 0 Å².